The molecule has 2 heterocycles. The van der Waals surface area contributed by atoms with E-state index in [1.807, 2.05) is 7.05 Å². The predicted octanol–water partition coefficient (Wildman–Crippen LogP) is 0.813. The molecular formula is C18H32IN5O2. The fraction of sp³-hybridized carbons (Fsp3) is 0.778. The van der Waals surface area contributed by atoms with Crippen LogP contribution in [0.4, 0.5) is 0 Å². The zero-order chi connectivity index (χ0) is 17.5. The third kappa shape index (κ3) is 7.03. The second-order valence-corrected chi connectivity index (χ2v) is 7.02. The summed E-state index contributed by atoms with van der Waals surface area (Å²) in [5.74, 6) is 1.14. The summed E-state index contributed by atoms with van der Waals surface area (Å²) in [5, 5.41) is 6.53. The molecule has 0 radical (unpaired) electrons. The lowest BCUT2D eigenvalue weighted by Crippen LogP contribution is -2.54. The summed E-state index contributed by atoms with van der Waals surface area (Å²) >= 11 is 0. The van der Waals surface area contributed by atoms with Crippen molar-refractivity contribution < 1.29 is 9.53 Å². The molecule has 0 atom stereocenters. The Morgan fingerprint density at radius 2 is 2.08 bits per heavy atom. The average molecular weight is 477 g/mol. The van der Waals surface area contributed by atoms with Crippen molar-refractivity contribution in [1.29, 1.82) is 0 Å². The molecule has 1 saturated heterocycles. The van der Waals surface area contributed by atoms with Gasteiger partial charge in [0.15, 0.2) is 5.96 Å². The molecule has 0 aromatic carbocycles. The number of rotatable bonds is 6. The third-order valence-electron chi connectivity index (χ3n) is 4.98. The van der Waals surface area contributed by atoms with Crippen molar-refractivity contribution >= 4 is 35.8 Å². The summed E-state index contributed by atoms with van der Waals surface area (Å²) in [6, 6.07) is 0.447. The van der Waals surface area contributed by atoms with Crippen molar-refractivity contribution in [3.05, 3.63) is 11.6 Å². The molecule has 8 heteroatoms. The predicted molar refractivity (Wildman–Crippen MR) is 114 cm³/mol. The molecule has 0 spiro atoms. The van der Waals surface area contributed by atoms with Gasteiger partial charge in [-0.25, -0.2) is 0 Å². The number of guanidine groups is 1. The van der Waals surface area contributed by atoms with Crippen LogP contribution >= 0.6 is 24.0 Å². The van der Waals surface area contributed by atoms with Crippen molar-refractivity contribution in [3.8, 4) is 0 Å². The lowest BCUT2D eigenvalue weighted by molar-refractivity contribution is -0.122. The van der Waals surface area contributed by atoms with E-state index >= 15 is 0 Å². The van der Waals surface area contributed by atoms with Gasteiger partial charge >= 0.3 is 0 Å². The first-order chi connectivity index (χ1) is 12.2. The maximum atomic E-state index is 11.9. The van der Waals surface area contributed by atoms with Gasteiger partial charge in [-0.15, -0.1) is 24.0 Å². The number of nitrogens with one attached hydrogen (secondary N) is 2. The molecule has 0 bridgehead atoms. The number of ether oxygens (including phenoxy) is 1. The van der Waals surface area contributed by atoms with E-state index in [-0.39, 0.29) is 29.9 Å². The van der Waals surface area contributed by atoms with Crippen LogP contribution in [-0.4, -0.2) is 87.2 Å². The molecule has 148 valence electrons. The minimum absolute atomic E-state index is 0. The van der Waals surface area contributed by atoms with E-state index in [1.165, 1.54) is 5.57 Å². The van der Waals surface area contributed by atoms with Crippen molar-refractivity contribution in [2.75, 3.05) is 59.5 Å². The molecule has 0 aromatic heterocycles. The summed E-state index contributed by atoms with van der Waals surface area (Å²) < 4.78 is 5.34. The monoisotopic (exact) mass is 477 g/mol. The number of carbonyl (C=O) groups is 1. The molecule has 26 heavy (non-hydrogen) atoms. The summed E-state index contributed by atoms with van der Waals surface area (Å²) in [6.45, 7) is 6.65. The van der Waals surface area contributed by atoms with Crippen LogP contribution in [0.2, 0.25) is 0 Å². The number of nitrogens with zero attached hydrogens (tertiary/aromatic N) is 3. The maximum absolute atomic E-state index is 11.9. The minimum atomic E-state index is 0. The van der Waals surface area contributed by atoms with Gasteiger partial charge < -0.3 is 20.3 Å². The smallest absolute Gasteiger partial charge is 0.234 e. The van der Waals surface area contributed by atoms with Crippen LogP contribution in [-0.2, 0) is 9.53 Å². The zero-order valence-corrected chi connectivity index (χ0v) is 18.0. The van der Waals surface area contributed by atoms with Gasteiger partial charge in [0.2, 0.25) is 5.91 Å². The lowest BCUT2D eigenvalue weighted by atomic mass is 10.1. The second-order valence-electron chi connectivity index (χ2n) is 7.02. The number of halogens is 1. The van der Waals surface area contributed by atoms with Gasteiger partial charge in [-0.05, 0) is 25.7 Å². The average Bonchev–Trinajstić information content (AvgIpc) is 3.44. The molecule has 1 amide bonds. The first kappa shape index (κ1) is 21.4. The molecule has 1 saturated carbocycles. The molecule has 3 rings (SSSR count). The number of amides is 1. The Hall–Kier alpha value is -0.870. The standard InChI is InChI=1S/C18H31N5O2.HI/c1-19-18(20-7-4-15-5-12-25-13-6-15)23-10-8-22(9-11-23)14-17(24)21-16-2-3-16;/h5,16H,2-4,6-14H2,1H3,(H,19,20)(H,21,24);1H. The normalized spacial score (nSPS) is 21.7. The van der Waals surface area contributed by atoms with Crippen LogP contribution in [0, 0.1) is 0 Å². The number of piperazine rings is 1. The molecule has 2 N–H and O–H groups in total. The number of aliphatic imine (C=N–C) groups is 1. The van der Waals surface area contributed by atoms with Crippen molar-refractivity contribution in [3.63, 3.8) is 0 Å². The van der Waals surface area contributed by atoms with Gasteiger partial charge in [0.1, 0.15) is 0 Å². The largest absolute Gasteiger partial charge is 0.377 e. The molecule has 7 nitrogen and oxygen atoms in total. The fourth-order valence-electron chi connectivity index (χ4n) is 3.28. The Labute approximate surface area is 173 Å². The second kappa shape index (κ2) is 11.1. The highest BCUT2D eigenvalue weighted by Gasteiger charge is 2.25. The molecule has 1 aliphatic carbocycles. The van der Waals surface area contributed by atoms with Gasteiger partial charge in [-0.1, -0.05) is 11.6 Å². The molecule has 0 aromatic rings. The van der Waals surface area contributed by atoms with Gasteiger partial charge in [-0.3, -0.25) is 14.7 Å². The van der Waals surface area contributed by atoms with Crippen molar-refractivity contribution in [1.82, 2.24) is 20.4 Å². The van der Waals surface area contributed by atoms with E-state index in [4.69, 9.17) is 4.74 Å². The molecule has 3 aliphatic rings. The Morgan fingerprint density at radius 1 is 1.31 bits per heavy atom. The fourth-order valence-corrected chi connectivity index (χ4v) is 3.28. The van der Waals surface area contributed by atoms with E-state index in [2.05, 4.69) is 31.5 Å². The van der Waals surface area contributed by atoms with E-state index in [0.717, 1.165) is 77.6 Å². The Kier molecular flexibility index (Phi) is 9.13. The SMILES string of the molecule is CN=C(NCCC1=CCOCC1)N1CCN(CC(=O)NC2CC2)CC1.I. The Bertz CT molecular complexity index is 514. The van der Waals surface area contributed by atoms with Gasteiger partial charge in [-0.2, -0.15) is 0 Å². The maximum Gasteiger partial charge on any atom is 0.234 e. The highest BCUT2D eigenvalue weighted by atomic mass is 127. The summed E-state index contributed by atoms with van der Waals surface area (Å²) in [4.78, 5) is 20.8. The number of hydrogen-bond donors (Lipinski definition) is 2. The van der Waals surface area contributed by atoms with Crippen LogP contribution < -0.4 is 10.6 Å². The minimum Gasteiger partial charge on any atom is -0.377 e. The van der Waals surface area contributed by atoms with E-state index < -0.39 is 0 Å². The van der Waals surface area contributed by atoms with Crippen molar-refractivity contribution in [2.45, 2.75) is 31.7 Å². The number of hydrogen-bond acceptors (Lipinski definition) is 4. The lowest BCUT2D eigenvalue weighted by Gasteiger charge is -2.36. The molecule has 2 fully saturated rings. The first-order valence-corrected chi connectivity index (χ1v) is 9.47. The summed E-state index contributed by atoms with van der Waals surface area (Å²) in [7, 11) is 1.84. The van der Waals surface area contributed by atoms with Crippen LogP contribution in [0.5, 0.6) is 0 Å². The zero-order valence-electron chi connectivity index (χ0n) is 15.7. The first-order valence-electron chi connectivity index (χ1n) is 9.47. The van der Waals surface area contributed by atoms with Crippen LogP contribution in [0.25, 0.3) is 0 Å². The summed E-state index contributed by atoms with van der Waals surface area (Å²) in [6.07, 6.45) is 6.57. The van der Waals surface area contributed by atoms with Gasteiger partial charge in [0.25, 0.3) is 0 Å². The van der Waals surface area contributed by atoms with Crippen LogP contribution in [0.1, 0.15) is 25.7 Å². The Balaban J connectivity index is 0.00000243. The quantitative estimate of drug-likeness (QED) is 0.257. The molecule has 2 aliphatic heterocycles. The topological polar surface area (TPSA) is 69.2 Å². The third-order valence-corrected chi connectivity index (χ3v) is 4.98. The highest BCUT2D eigenvalue weighted by molar-refractivity contribution is 14.0. The van der Waals surface area contributed by atoms with Crippen molar-refractivity contribution in [2.24, 2.45) is 4.99 Å². The van der Waals surface area contributed by atoms with E-state index in [9.17, 15) is 4.79 Å². The van der Waals surface area contributed by atoms with E-state index in [0.29, 0.717) is 12.6 Å². The molecule has 0 unspecified atom stereocenters. The van der Waals surface area contributed by atoms with Crippen LogP contribution in [0.15, 0.2) is 16.6 Å². The van der Waals surface area contributed by atoms with Gasteiger partial charge in [0.05, 0.1) is 19.8 Å². The number of carbonyl (C=O) groups excluding carboxylic acids is 1. The molecular weight excluding hydrogens is 445 g/mol. The Morgan fingerprint density at radius 3 is 2.69 bits per heavy atom. The van der Waals surface area contributed by atoms with E-state index in [1.54, 1.807) is 0 Å². The van der Waals surface area contributed by atoms with Gasteiger partial charge in [0, 0.05) is 45.8 Å². The van der Waals surface area contributed by atoms with Crippen LogP contribution in [0.3, 0.4) is 0 Å². The highest BCUT2D eigenvalue weighted by Crippen LogP contribution is 2.18. The summed E-state index contributed by atoms with van der Waals surface area (Å²) in [5.41, 5.74) is 1.47.